The van der Waals surface area contributed by atoms with Crippen molar-refractivity contribution in [1.82, 2.24) is 0 Å². The Morgan fingerprint density at radius 1 is 1.26 bits per heavy atom. The summed E-state index contributed by atoms with van der Waals surface area (Å²) in [7, 11) is 0. The van der Waals surface area contributed by atoms with Crippen molar-refractivity contribution in [3.05, 3.63) is 43.5 Å². The highest BCUT2D eigenvalue weighted by Gasteiger charge is 2.07. The lowest BCUT2D eigenvalue weighted by Gasteiger charge is -2.10. The van der Waals surface area contributed by atoms with Gasteiger partial charge in [-0.1, -0.05) is 15.9 Å². The second-order valence-corrected chi connectivity index (χ2v) is 6.69. The number of amides is 1. The van der Waals surface area contributed by atoms with E-state index in [-0.39, 0.29) is 5.91 Å². The monoisotopic (exact) mass is 402 g/mol. The standard InChI is InChI=1S/C13H12Br2N2OS/c1-8(18)17-11-4-5-19-13(11)7-16-12-6-9(14)2-3-10(12)15/h2-6,16H,7H2,1H3,(H,17,18). The molecule has 0 saturated heterocycles. The first kappa shape index (κ1) is 14.6. The molecular formula is C13H12Br2N2OS. The zero-order chi connectivity index (χ0) is 13.8. The Labute approximate surface area is 132 Å². The van der Waals surface area contributed by atoms with Gasteiger partial charge in [-0.15, -0.1) is 11.3 Å². The first-order valence-corrected chi connectivity index (χ1v) is 8.05. The van der Waals surface area contributed by atoms with Crippen LogP contribution in [0.5, 0.6) is 0 Å². The molecule has 1 aromatic carbocycles. The fourth-order valence-electron chi connectivity index (χ4n) is 1.59. The molecule has 2 N–H and O–H groups in total. The zero-order valence-electron chi connectivity index (χ0n) is 10.2. The molecule has 1 amide bonds. The molecule has 19 heavy (non-hydrogen) atoms. The number of benzene rings is 1. The Kier molecular flexibility index (Phi) is 5.01. The molecule has 0 atom stereocenters. The molecular weight excluding hydrogens is 392 g/mol. The van der Waals surface area contributed by atoms with Gasteiger partial charge in [0.2, 0.25) is 5.91 Å². The summed E-state index contributed by atoms with van der Waals surface area (Å²) in [4.78, 5) is 12.2. The summed E-state index contributed by atoms with van der Waals surface area (Å²) in [5.74, 6) is -0.0525. The fourth-order valence-corrected chi connectivity index (χ4v) is 3.10. The van der Waals surface area contributed by atoms with Gasteiger partial charge in [0.05, 0.1) is 12.2 Å². The molecule has 0 aliphatic rings. The number of carbonyl (C=O) groups excluding carboxylic acids is 1. The van der Waals surface area contributed by atoms with Crippen LogP contribution in [0.1, 0.15) is 11.8 Å². The number of nitrogens with one attached hydrogen (secondary N) is 2. The number of anilines is 2. The van der Waals surface area contributed by atoms with Crippen LogP contribution in [0.3, 0.4) is 0 Å². The molecule has 0 aliphatic heterocycles. The molecule has 2 aromatic rings. The van der Waals surface area contributed by atoms with Crippen LogP contribution in [0.25, 0.3) is 0 Å². The van der Waals surface area contributed by atoms with E-state index in [1.54, 1.807) is 11.3 Å². The van der Waals surface area contributed by atoms with E-state index in [1.165, 1.54) is 6.92 Å². The van der Waals surface area contributed by atoms with Crippen LogP contribution >= 0.6 is 43.2 Å². The van der Waals surface area contributed by atoms with Crippen molar-refractivity contribution in [2.45, 2.75) is 13.5 Å². The first-order valence-electron chi connectivity index (χ1n) is 5.59. The fraction of sp³-hybridized carbons (Fsp3) is 0.154. The topological polar surface area (TPSA) is 41.1 Å². The van der Waals surface area contributed by atoms with Gasteiger partial charge in [0.25, 0.3) is 0 Å². The highest BCUT2D eigenvalue weighted by Crippen LogP contribution is 2.28. The third-order valence-electron chi connectivity index (χ3n) is 2.42. The number of hydrogen-bond donors (Lipinski definition) is 2. The second-order valence-electron chi connectivity index (χ2n) is 3.92. The van der Waals surface area contributed by atoms with Crippen molar-refractivity contribution in [3.63, 3.8) is 0 Å². The van der Waals surface area contributed by atoms with Crippen molar-refractivity contribution in [2.75, 3.05) is 10.6 Å². The summed E-state index contributed by atoms with van der Waals surface area (Å²) in [6.07, 6.45) is 0. The van der Waals surface area contributed by atoms with E-state index in [4.69, 9.17) is 0 Å². The summed E-state index contributed by atoms with van der Waals surface area (Å²) < 4.78 is 2.03. The minimum absolute atomic E-state index is 0.0525. The zero-order valence-corrected chi connectivity index (χ0v) is 14.2. The molecule has 1 aromatic heterocycles. The molecule has 0 bridgehead atoms. The van der Waals surface area contributed by atoms with E-state index in [0.717, 1.165) is 25.2 Å². The lowest BCUT2D eigenvalue weighted by Crippen LogP contribution is -2.08. The van der Waals surface area contributed by atoms with Crippen molar-refractivity contribution in [2.24, 2.45) is 0 Å². The molecule has 0 radical (unpaired) electrons. The van der Waals surface area contributed by atoms with Gasteiger partial charge in [0, 0.05) is 26.4 Å². The van der Waals surface area contributed by atoms with Gasteiger partial charge in [-0.25, -0.2) is 0 Å². The Morgan fingerprint density at radius 2 is 2.05 bits per heavy atom. The second kappa shape index (κ2) is 6.54. The predicted octanol–water partition coefficient (Wildman–Crippen LogP) is 4.84. The SMILES string of the molecule is CC(=O)Nc1ccsc1CNc1cc(Br)ccc1Br. The third kappa shape index (κ3) is 4.06. The van der Waals surface area contributed by atoms with Gasteiger partial charge in [-0.3, -0.25) is 4.79 Å². The van der Waals surface area contributed by atoms with Gasteiger partial charge < -0.3 is 10.6 Å². The molecule has 0 fully saturated rings. The number of thiophene rings is 1. The van der Waals surface area contributed by atoms with Crippen LogP contribution in [-0.2, 0) is 11.3 Å². The minimum atomic E-state index is -0.0525. The first-order chi connectivity index (χ1) is 9.06. The van der Waals surface area contributed by atoms with E-state index in [2.05, 4.69) is 42.5 Å². The minimum Gasteiger partial charge on any atom is -0.379 e. The van der Waals surface area contributed by atoms with E-state index < -0.39 is 0 Å². The number of rotatable bonds is 4. The molecule has 0 unspecified atom stereocenters. The van der Waals surface area contributed by atoms with Crippen LogP contribution in [0.2, 0.25) is 0 Å². The van der Waals surface area contributed by atoms with Gasteiger partial charge in [0.15, 0.2) is 0 Å². The third-order valence-corrected chi connectivity index (χ3v) is 4.53. The van der Waals surface area contributed by atoms with Crippen molar-refractivity contribution >= 4 is 60.5 Å². The number of halogens is 2. The Bertz CT molecular complexity index is 598. The summed E-state index contributed by atoms with van der Waals surface area (Å²) >= 11 is 8.57. The Hall–Kier alpha value is -0.850. The Morgan fingerprint density at radius 3 is 2.79 bits per heavy atom. The average molecular weight is 404 g/mol. The number of hydrogen-bond acceptors (Lipinski definition) is 3. The average Bonchev–Trinajstić information content (AvgIpc) is 2.77. The molecule has 0 saturated carbocycles. The molecule has 1 heterocycles. The van der Waals surface area contributed by atoms with Crippen LogP contribution < -0.4 is 10.6 Å². The summed E-state index contributed by atoms with van der Waals surface area (Å²) in [5, 5.41) is 8.15. The normalized spacial score (nSPS) is 10.3. The molecule has 0 aliphatic carbocycles. The summed E-state index contributed by atoms with van der Waals surface area (Å²) in [5.41, 5.74) is 1.88. The van der Waals surface area contributed by atoms with Gasteiger partial charge >= 0.3 is 0 Å². The predicted molar refractivity (Wildman–Crippen MR) is 87.8 cm³/mol. The molecule has 3 nitrogen and oxygen atoms in total. The highest BCUT2D eigenvalue weighted by atomic mass is 79.9. The van der Waals surface area contributed by atoms with Gasteiger partial charge in [0.1, 0.15) is 0 Å². The van der Waals surface area contributed by atoms with Crippen LogP contribution in [0.4, 0.5) is 11.4 Å². The maximum atomic E-state index is 11.1. The van der Waals surface area contributed by atoms with E-state index in [9.17, 15) is 4.79 Å². The van der Waals surface area contributed by atoms with Crippen LogP contribution in [-0.4, -0.2) is 5.91 Å². The summed E-state index contributed by atoms with van der Waals surface area (Å²) in [6.45, 7) is 2.18. The van der Waals surface area contributed by atoms with E-state index in [1.807, 2.05) is 29.6 Å². The highest BCUT2D eigenvalue weighted by molar-refractivity contribution is 9.11. The van der Waals surface area contributed by atoms with Crippen LogP contribution in [0.15, 0.2) is 38.6 Å². The van der Waals surface area contributed by atoms with Crippen molar-refractivity contribution < 1.29 is 4.79 Å². The van der Waals surface area contributed by atoms with Crippen LogP contribution in [0, 0.1) is 0 Å². The molecule has 6 heteroatoms. The molecule has 2 rings (SSSR count). The van der Waals surface area contributed by atoms with Gasteiger partial charge in [-0.2, -0.15) is 0 Å². The smallest absolute Gasteiger partial charge is 0.221 e. The number of carbonyl (C=O) groups is 1. The maximum absolute atomic E-state index is 11.1. The molecule has 0 spiro atoms. The quantitative estimate of drug-likeness (QED) is 0.766. The van der Waals surface area contributed by atoms with Crippen molar-refractivity contribution in [1.29, 1.82) is 0 Å². The van der Waals surface area contributed by atoms with Gasteiger partial charge in [-0.05, 0) is 45.6 Å². The molecule has 100 valence electrons. The lowest BCUT2D eigenvalue weighted by molar-refractivity contribution is -0.114. The van der Waals surface area contributed by atoms with E-state index in [0.29, 0.717) is 6.54 Å². The maximum Gasteiger partial charge on any atom is 0.221 e. The lowest BCUT2D eigenvalue weighted by atomic mass is 10.3. The summed E-state index contributed by atoms with van der Waals surface area (Å²) in [6, 6.07) is 7.88. The Balaban J connectivity index is 2.08. The largest absolute Gasteiger partial charge is 0.379 e. The van der Waals surface area contributed by atoms with E-state index >= 15 is 0 Å². The van der Waals surface area contributed by atoms with Crippen molar-refractivity contribution in [3.8, 4) is 0 Å².